The van der Waals surface area contributed by atoms with Gasteiger partial charge < -0.3 is 9.47 Å². The Bertz CT molecular complexity index is 1270. The highest BCUT2D eigenvalue weighted by atomic mass is 35.5. The molecular weight excluding hydrogens is 458 g/mol. The summed E-state index contributed by atoms with van der Waals surface area (Å²) in [6.07, 6.45) is 3.27. The van der Waals surface area contributed by atoms with Crippen molar-refractivity contribution in [1.29, 1.82) is 0 Å². The number of carbonyl (C=O) groups is 2. The number of fused-ring (bicyclic) bond motifs is 1. The van der Waals surface area contributed by atoms with Gasteiger partial charge in [0.2, 0.25) is 0 Å². The molecule has 0 radical (unpaired) electrons. The summed E-state index contributed by atoms with van der Waals surface area (Å²) in [6.45, 7) is 6.42. The molecule has 0 unspecified atom stereocenters. The van der Waals surface area contributed by atoms with E-state index in [0.717, 1.165) is 28.1 Å². The summed E-state index contributed by atoms with van der Waals surface area (Å²) in [5, 5.41) is 2.22. The Morgan fingerprint density at radius 1 is 1.06 bits per heavy atom. The molecule has 1 aliphatic rings. The lowest BCUT2D eigenvalue weighted by Crippen LogP contribution is -2.27. The third-order valence-corrected chi connectivity index (χ3v) is 6.19. The van der Waals surface area contributed by atoms with Crippen LogP contribution in [0.25, 0.3) is 16.8 Å². The highest BCUT2D eigenvalue weighted by Crippen LogP contribution is 2.39. The molecule has 5 nitrogen and oxygen atoms in total. The van der Waals surface area contributed by atoms with Gasteiger partial charge in [0, 0.05) is 0 Å². The summed E-state index contributed by atoms with van der Waals surface area (Å²) < 4.78 is 11.3. The first-order chi connectivity index (χ1) is 16.0. The van der Waals surface area contributed by atoms with Crippen LogP contribution in [0.1, 0.15) is 18.1 Å². The van der Waals surface area contributed by atoms with Crippen molar-refractivity contribution in [2.24, 2.45) is 0 Å². The largest absolute Gasteiger partial charge is 0.490 e. The van der Waals surface area contributed by atoms with Gasteiger partial charge >= 0.3 is 0 Å². The van der Waals surface area contributed by atoms with Crippen molar-refractivity contribution in [2.45, 2.75) is 13.5 Å². The number of amides is 2. The number of nitrogens with zero attached hydrogens (tertiary/aromatic N) is 1. The second kappa shape index (κ2) is 10.1. The Balaban J connectivity index is 1.58. The first kappa shape index (κ1) is 23.0. The molecule has 1 fully saturated rings. The lowest BCUT2D eigenvalue weighted by Gasteiger charge is -2.14. The van der Waals surface area contributed by atoms with Crippen LogP contribution in [0.15, 0.2) is 72.2 Å². The zero-order valence-electron chi connectivity index (χ0n) is 18.0. The summed E-state index contributed by atoms with van der Waals surface area (Å²) >= 11 is 7.32. The second-order valence-electron chi connectivity index (χ2n) is 7.31. The van der Waals surface area contributed by atoms with E-state index in [1.54, 1.807) is 24.3 Å². The molecule has 3 aromatic carbocycles. The van der Waals surface area contributed by atoms with E-state index in [9.17, 15) is 9.59 Å². The number of halogens is 1. The molecule has 2 amide bonds. The van der Waals surface area contributed by atoms with E-state index in [2.05, 4.69) is 6.58 Å². The van der Waals surface area contributed by atoms with Crippen LogP contribution in [0.3, 0.4) is 0 Å². The molecule has 7 heteroatoms. The Hall–Kier alpha value is -3.22. The second-order valence-corrected chi connectivity index (χ2v) is 8.71. The zero-order chi connectivity index (χ0) is 23.4. The predicted molar refractivity (Wildman–Crippen MR) is 134 cm³/mol. The van der Waals surface area contributed by atoms with E-state index in [1.165, 1.54) is 4.90 Å². The van der Waals surface area contributed by atoms with Crippen LogP contribution < -0.4 is 9.47 Å². The van der Waals surface area contributed by atoms with E-state index in [1.807, 2.05) is 49.4 Å². The molecule has 0 N–H and O–H groups in total. The van der Waals surface area contributed by atoms with Crippen molar-refractivity contribution in [3.8, 4) is 11.5 Å². The minimum Gasteiger partial charge on any atom is -0.490 e. The molecular formula is C26H22ClNO4S. The van der Waals surface area contributed by atoms with Crippen LogP contribution in [0.2, 0.25) is 5.02 Å². The van der Waals surface area contributed by atoms with Crippen LogP contribution in [0.5, 0.6) is 11.5 Å². The fourth-order valence-corrected chi connectivity index (χ4v) is 4.64. The summed E-state index contributed by atoms with van der Waals surface area (Å²) in [4.78, 5) is 27.2. The first-order valence-electron chi connectivity index (χ1n) is 10.4. The van der Waals surface area contributed by atoms with Gasteiger partial charge in [0.1, 0.15) is 6.61 Å². The van der Waals surface area contributed by atoms with Crippen molar-refractivity contribution < 1.29 is 19.1 Å². The molecule has 0 aliphatic carbocycles. The molecule has 0 bridgehead atoms. The number of benzene rings is 3. The number of thioether (sulfide) groups is 1. The van der Waals surface area contributed by atoms with Crippen LogP contribution >= 0.6 is 23.4 Å². The fourth-order valence-electron chi connectivity index (χ4n) is 3.52. The van der Waals surface area contributed by atoms with E-state index >= 15 is 0 Å². The maximum absolute atomic E-state index is 13.0. The average molecular weight is 480 g/mol. The lowest BCUT2D eigenvalue weighted by molar-refractivity contribution is -0.123. The number of imide groups is 1. The summed E-state index contributed by atoms with van der Waals surface area (Å²) in [7, 11) is 0. The van der Waals surface area contributed by atoms with Crippen LogP contribution in [0.4, 0.5) is 4.79 Å². The maximum atomic E-state index is 13.0. The molecule has 0 atom stereocenters. The average Bonchev–Trinajstić information content (AvgIpc) is 3.06. The Morgan fingerprint density at radius 3 is 2.61 bits per heavy atom. The number of carbonyl (C=O) groups excluding carboxylic acids is 2. The highest BCUT2D eigenvalue weighted by molar-refractivity contribution is 8.18. The molecule has 1 saturated heterocycles. The summed E-state index contributed by atoms with van der Waals surface area (Å²) in [5.74, 6) is 0.549. The Kier molecular flexibility index (Phi) is 7.06. The summed E-state index contributed by atoms with van der Waals surface area (Å²) in [6, 6.07) is 17.3. The van der Waals surface area contributed by atoms with Crippen molar-refractivity contribution in [2.75, 3.05) is 13.2 Å². The molecule has 1 aliphatic heterocycles. The number of hydrogen-bond acceptors (Lipinski definition) is 5. The molecule has 4 rings (SSSR count). The number of rotatable bonds is 8. The van der Waals surface area contributed by atoms with Gasteiger partial charge in [-0.3, -0.25) is 14.5 Å². The minimum absolute atomic E-state index is 0.214. The third-order valence-electron chi connectivity index (χ3n) is 5.00. The molecule has 0 saturated carbocycles. The molecule has 3 aromatic rings. The van der Waals surface area contributed by atoms with Crippen molar-refractivity contribution in [3.63, 3.8) is 0 Å². The number of hydrogen-bond donors (Lipinski definition) is 0. The van der Waals surface area contributed by atoms with Crippen LogP contribution in [-0.2, 0) is 11.3 Å². The number of ether oxygens (including phenoxy) is 2. The summed E-state index contributed by atoms with van der Waals surface area (Å²) in [5.41, 5.74) is 1.54. The van der Waals surface area contributed by atoms with Crippen LogP contribution in [0, 0.1) is 0 Å². The SMILES string of the molecule is C=CCOc1c(Cl)cc(/C=C2\SC(=O)N(Cc3ccc4ccccc4c3)C2=O)cc1OCC. The quantitative estimate of drug-likeness (QED) is 0.266. The van der Waals surface area contributed by atoms with Gasteiger partial charge in [-0.05, 0) is 64.9 Å². The Morgan fingerprint density at radius 2 is 1.85 bits per heavy atom. The highest BCUT2D eigenvalue weighted by Gasteiger charge is 2.35. The molecule has 168 valence electrons. The van der Waals surface area contributed by atoms with E-state index in [4.69, 9.17) is 21.1 Å². The fraction of sp³-hybridized carbons (Fsp3) is 0.154. The van der Waals surface area contributed by atoms with Gasteiger partial charge in [0.05, 0.1) is 23.1 Å². The topological polar surface area (TPSA) is 55.8 Å². The van der Waals surface area contributed by atoms with Crippen LogP contribution in [-0.4, -0.2) is 29.3 Å². The molecule has 0 aromatic heterocycles. The van der Waals surface area contributed by atoms with Gasteiger partial charge in [-0.2, -0.15) is 0 Å². The predicted octanol–water partition coefficient (Wildman–Crippen LogP) is 6.69. The monoisotopic (exact) mass is 479 g/mol. The van der Waals surface area contributed by atoms with Gasteiger partial charge in [-0.15, -0.1) is 0 Å². The van der Waals surface area contributed by atoms with Crippen molar-refractivity contribution in [3.05, 3.63) is 88.3 Å². The third kappa shape index (κ3) is 5.07. The maximum Gasteiger partial charge on any atom is 0.293 e. The minimum atomic E-state index is -0.334. The van der Waals surface area contributed by atoms with Crippen molar-refractivity contribution >= 4 is 51.4 Å². The smallest absolute Gasteiger partial charge is 0.293 e. The normalized spacial score (nSPS) is 14.8. The Labute approximate surface area is 201 Å². The molecule has 1 heterocycles. The first-order valence-corrected chi connectivity index (χ1v) is 11.6. The van der Waals surface area contributed by atoms with Crippen molar-refractivity contribution in [1.82, 2.24) is 4.90 Å². The van der Waals surface area contributed by atoms with Gasteiger partial charge in [0.15, 0.2) is 11.5 Å². The standard InChI is InChI=1S/C26H22ClNO4S/c1-3-11-32-24-21(27)13-18(14-22(24)31-4-2)15-23-25(29)28(26(30)33-23)16-17-9-10-19-7-5-6-8-20(19)12-17/h3,5-10,12-15H,1,4,11,16H2,2H3/b23-15-. The lowest BCUT2D eigenvalue weighted by atomic mass is 10.1. The van der Waals surface area contributed by atoms with E-state index in [-0.39, 0.29) is 24.3 Å². The van der Waals surface area contributed by atoms with E-state index < -0.39 is 0 Å². The van der Waals surface area contributed by atoms with E-state index in [0.29, 0.717) is 33.6 Å². The molecule has 0 spiro atoms. The zero-order valence-corrected chi connectivity index (χ0v) is 19.6. The molecule has 33 heavy (non-hydrogen) atoms. The van der Waals surface area contributed by atoms with Gasteiger partial charge in [-0.1, -0.05) is 60.7 Å². The van der Waals surface area contributed by atoms with Gasteiger partial charge in [-0.25, -0.2) is 0 Å². The van der Waals surface area contributed by atoms with Gasteiger partial charge in [0.25, 0.3) is 11.1 Å².